The Morgan fingerprint density at radius 2 is 1.83 bits per heavy atom. The topological polar surface area (TPSA) is 72.7 Å². The van der Waals surface area contributed by atoms with Gasteiger partial charge in [0.15, 0.2) is 4.34 Å². The van der Waals surface area contributed by atoms with E-state index in [4.69, 9.17) is 5.10 Å². The Bertz CT molecular complexity index is 1170. The lowest BCUT2D eigenvalue weighted by atomic mass is 9.99. The van der Waals surface area contributed by atoms with Crippen molar-refractivity contribution in [1.82, 2.24) is 20.0 Å². The minimum absolute atomic E-state index is 0.115. The number of benzene rings is 2. The second kappa shape index (κ2) is 8.81. The fourth-order valence-corrected chi connectivity index (χ4v) is 4.42. The molecule has 0 saturated heterocycles. The number of nitrogens with one attached hydrogen (secondary N) is 1. The Balaban J connectivity index is 1.66. The van der Waals surface area contributed by atoms with Crippen molar-refractivity contribution in [2.75, 3.05) is 11.1 Å². The predicted molar refractivity (Wildman–Crippen MR) is 122 cm³/mol. The Kier molecular flexibility index (Phi) is 5.96. The molecule has 8 heteroatoms. The van der Waals surface area contributed by atoms with E-state index >= 15 is 0 Å². The van der Waals surface area contributed by atoms with Crippen LogP contribution in [-0.2, 0) is 4.79 Å². The molecule has 2 heterocycles. The maximum atomic E-state index is 12.6. The number of rotatable bonds is 6. The smallest absolute Gasteiger partial charge is 0.235 e. The first-order chi connectivity index (χ1) is 14.5. The number of hydrogen-bond donors (Lipinski definition) is 1. The van der Waals surface area contributed by atoms with Crippen molar-refractivity contribution < 1.29 is 4.79 Å². The van der Waals surface area contributed by atoms with Crippen LogP contribution < -0.4 is 5.32 Å². The number of carbonyl (C=O) groups excluding carboxylic acids is 1. The van der Waals surface area contributed by atoms with Gasteiger partial charge in [-0.2, -0.15) is 5.10 Å². The first kappa shape index (κ1) is 20.3. The van der Waals surface area contributed by atoms with Gasteiger partial charge in [-0.15, -0.1) is 10.2 Å². The van der Waals surface area contributed by atoms with Gasteiger partial charge in [-0.3, -0.25) is 4.79 Å². The molecule has 152 valence electrons. The standard InChI is InChI=1S/C22H21N5OS2/c1-14-9-16(3)18(10-15(14)2)19-11-20(27(26-19)17-7-5-4-6-8-17)24-21(28)12-29-22-25-23-13-30-22/h4-11,13H,12H2,1-3H3,(H,24,28). The molecule has 30 heavy (non-hydrogen) atoms. The van der Waals surface area contributed by atoms with E-state index in [-0.39, 0.29) is 11.7 Å². The summed E-state index contributed by atoms with van der Waals surface area (Å²) in [5.41, 5.74) is 8.05. The molecule has 0 saturated carbocycles. The maximum absolute atomic E-state index is 12.6. The van der Waals surface area contributed by atoms with Gasteiger partial charge < -0.3 is 5.32 Å². The molecule has 2 aromatic carbocycles. The van der Waals surface area contributed by atoms with Crippen LogP contribution in [0.2, 0.25) is 0 Å². The maximum Gasteiger partial charge on any atom is 0.235 e. The van der Waals surface area contributed by atoms with Crippen LogP contribution in [0.25, 0.3) is 16.9 Å². The number of aromatic nitrogens is 4. The van der Waals surface area contributed by atoms with Crippen LogP contribution in [0, 0.1) is 20.8 Å². The monoisotopic (exact) mass is 435 g/mol. The lowest BCUT2D eigenvalue weighted by Crippen LogP contribution is -2.16. The average molecular weight is 436 g/mol. The fraction of sp³-hybridized carbons (Fsp3) is 0.182. The Hall–Kier alpha value is -2.97. The van der Waals surface area contributed by atoms with Crippen LogP contribution in [0.3, 0.4) is 0 Å². The number of hydrogen-bond acceptors (Lipinski definition) is 6. The molecule has 0 fully saturated rings. The number of thioether (sulfide) groups is 1. The number of aryl methyl sites for hydroxylation is 3. The molecular weight excluding hydrogens is 414 g/mol. The summed E-state index contributed by atoms with van der Waals surface area (Å²) in [5, 5.41) is 15.6. The summed E-state index contributed by atoms with van der Waals surface area (Å²) in [7, 11) is 0. The first-order valence-corrected chi connectivity index (χ1v) is 11.3. The minimum atomic E-state index is -0.115. The third-order valence-corrected chi connectivity index (χ3v) is 6.62. The number of amides is 1. The zero-order valence-corrected chi connectivity index (χ0v) is 18.5. The number of carbonyl (C=O) groups is 1. The summed E-state index contributed by atoms with van der Waals surface area (Å²) in [6.07, 6.45) is 0. The molecule has 0 aliphatic carbocycles. The Labute approximate surface area is 183 Å². The van der Waals surface area contributed by atoms with E-state index in [0.717, 1.165) is 26.8 Å². The molecule has 0 aliphatic rings. The number of anilines is 1. The van der Waals surface area contributed by atoms with Gasteiger partial charge in [0.05, 0.1) is 17.1 Å². The molecule has 0 atom stereocenters. The Morgan fingerprint density at radius 3 is 2.57 bits per heavy atom. The molecule has 1 N–H and O–H groups in total. The largest absolute Gasteiger partial charge is 0.310 e. The van der Waals surface area contributed by atoms with Crippen LogP contribution in [-0.4, -0.2) is 31.6 Å². The molecule has 0 aliphatic heterocycles. The normalized spacial score (nSPS) is 10.9. The molecule has 4 rings (SSSR count). The molecule has 1 amide bonds. The van der Waals surface area contributed by atoms with Gasteiger partial charge >= 0.3 is 0 Å². The molecule has 0 radical (unpaired) electrons. The highest BCUT2D eigenvalue weighted by Crippen LogP contribution is 2.29. The number of nitrogens with zero attached hydrogens (tertiary/aromatic N) is 4. The van der Waals surface area contributed by atoms with Gasteiger partial charge in [0, 0.05) is 11.6 Å². The zero-order valence-electron chi connectivity index (χ0n) is 16.9. The van der Waals surface area contributed by atoms with Crippen molar-refractivity contribution in [3.05, 3.63) is 70.7 Å². The lowest BCUT2D eigenvalue weighted by molar-refractivity contribution is -0.113. The summed E-state index contributed by atoms with van der Waals surface area (Å²) >= 11 is 2.79. The van der Waals surface area contributed by atoms with Crippen molar-refractivity contribution in [1.29, 1.82) is 0 Å². The van der Waals surface area contributed by atoms with Crippen molar-refractivity contribution >= 4 is 34.8 Å². The summed E-state index contributed by atoms with van der Waals surface area (Å²) in [5.74, 6) is 0.778. The third kappa shape index (κ3) is 4.44. The van der Waals surface area contributed by atoms with Crippen LogP contribution in [0.1, 0.15) is 16.7 Å². The molecule has 0 bridgehead atoms. The van der Waals surface area contributed by atoms with Gasteiger partial charge in [-0.25, -0.2) is 4.68 Å². The van der Waals surface area contributed by atoms with E-state index in [9.17, 15) is 4.79 Å². The van der Waals surface area contributed by atoms with E-state index in [1.807, 2.05) is 36.4 Å². The predicted octanol–water partition coefficient (Wildman–Crippen LogP) is 5.05. The van der Waals surface area contributed by atoms with Gasteiger partial charge in [0.1, 0.15) is 11.3 Å². The van der Waals surface area contributed by atoms with Crippen LogP contribution in [0.5, 0.6) is 0 Å². The van der Waals surface area contributed by atoms with Crippen molar-refractivity contribution in [3.8, 4) is 16.9 Å². The minimum Gasteiger partial charge on any atom is -0.310 e. The van der Waals surface area contributed by atoms with E-state index in [0.29, 0.717) is 5.82 Å². The second-order valence-corrected chi connectivity index (χ2v) is 9.01. The second-order valence-electron chi connectivity index (χ2n) is 6.96. The highest BCUT2D eigenvalue weighted by molar-refractivity contribution is 8.01. The number of para-hydroxylation sites is 1. The molecule has 0 spiro atoms. The Morgan fingerprint density at radius 1 is 1.07 bits per heavy atom. The molecule has 4 aromatic rings. The lowest BCUT2D eigenvalue weighted by Gasteiger charge is -2.08. The summed E-state index contributed by atoms with van der Waals surface area (Å²) < 4.78 is 2.55. The summed E-state index contributed by atoms with van der Waals surface area (Å²) in [6.45, 7) is 6.29. The van der Waals surface area contributed by atoms with Crippen molar-refractivity contribution in [2.24, 2.45) is 0 Å². The SMILES string of the molecule is Cc1cc(C)c(-c2cc(NC(=O)CSc3nncs3)n(-c3ccccc3)n2)cc1C. The van der Waals surface area contributed by atoms with E-state index in [1.165, 1.54) is 34.2 Å². The average Bonchev–Trinajstić information content (AvgIpc) is 3.40. The third-order valence-electron chi connectivity index (χ3n) is 4.76. The van der Waals surface area contributed by atoms with Gasteiger partial charge in [-0.1, -0.05) is 47.4 Å². The highest BCUT2D eigenvalue weighted by Gasteiger charge is 2.16. The molecular formula is C22H21N5OS2. The highest BCUT2D eigenvalue weighted by atomic mass is 32.2. The zero-order chi connectivity index (χ0) is 21.1. The van der Waals surface area contributed by atoms with Crippen LogP contribution in [0.15, 0.2) is 58.4 Å². The van der Waals surface area contributed by atoms with Crippen LogP contribution >= 0.6 is 23.1 Å². The van der Waals surface area contributed by atoms with Gasteiger partial charge in [0.2, 0.25) is 5.91 Å². The van der Waals surface area contributed by atoms with Gasteiger partial charge in [0.25, 0.3) is 0 Å². The summed E-state index contributed by atoms with van der Waals surface area (Å²) in [4.78, 5) is 12.6. The van der Waals surface area contributed by atoms with Crippen molar-refractivity contribution in [3.63, 3.8) is 0 Å². The van der Waals surface area contributed by atoms with Crippen LogP contribution in [0.4, 0.5) is 5.82 Å². The fourth-order valence-electron chi connectivity index (χ4n) is 3.14. The van der Waals surface area contributed by atoms with Gasteiger partial charge in [-0.05, 0) is 55.7 Å². The molecule has 0 unspecified atom stereocenters. The quantitative estimate of drug-likeness (QED) is 0.429. The van der Waals surface area contributed by atoms with E-state index in [2.05, 4.69) is 48.4 Å². The van der Waals surface area contributed by atoms with E-state index < -0.39 is 0 Å². The molecule has 6 nitrogen and oxygen atoms in total. The molecule has 2 aromatic heterocycles. The van der Waals surface area contributed by atoms with Crippen molar-refractivity contribution in [2.45, 2.75) is 25.1 Å². The summed E-state index contributed by atoms with van der Waals surface area (Å²) in [6, 6.07) is 16.0. The van der Waals surface area contributed by atoms with E-state index in [1.54, 1.807) is 10.2 Å². The first-order valence-electron chi connectivity index (χ1n) is 9.44.